The predicted octanol–water partition coefficient (Wildman–Crippen LogP) is 2.05. The highest BCUT2D eigenvalue weighted by molar-refractivity contribution is 5.95. The molecule has 1 saturated heterocycles. The van der Waals surface area contributed by atoms with Crippen LogP contribution in [0.25, 0.3) is 0 Å². The number of rotatable bonds is 5. The summed E-state index contributed by atoms with van der Waals surface area (Å²) in [6, 6.07) is 17.9. The van der Waals surface area contributed by atoms with Crippen molar-refractivity contribution in [3.63, 3.8) is 0 Å². The van der Waals surface area contributed by atoms with Gasteiger partial charge in [-0.2, -0.15) is 0 Å². The van der Waals surface area contributed by atoms with Crippen molar-refractivity contribution in [3.8, 4) is 12.3 Å². The molecule has 2 aromatic carbocycles. The van der Waals surface area contributed by atoms with E-state index in [4.69, 9.17) is 6.42 Å². The lowest BCUT2D eigenvalue weighted by molar-refractivity contribution is -0.115. The molecule has 3 N–H and O–H groups in total. The van der Waals surface area contributed by atoms with Crippen molar-refractivity contribution in [2.75, 3.05) is 36.9 Å². The van der Waals surface area contributed by atoms with Crippen LogP contribution in [-0.4, -0.2) is 44.6 Å². The molecule has 0 bridgehead atoms. The minimum atomic E-state index is -0.158. The second kappa shape index (κ2) is 9.47. The maximum atomic E-state index is 12.2. The smallest absolute Gasteiger partial charge is 0.243 e. The Kier molecular flexibility index (Phi) is 6.53. The van der Waals surface area contributed by atoms with Gasteiger partial charge in [-0.25, -0.2) is 0 Å². The highest BCUT2D eigenvalue weighted by atomic mass is 16.1. The molecule has 0 aromatic heterocycles. The first kappa shape index (κ1) is 19.3. The van der Waals surface area contributed by atoms with Crippen molar-refractivity contribution in [1.29, 1.82) is 0 Å². The van der Waals surface area contributed by atoms with Crippen LogP contribution < -0.4 is 20.9 Å². The molecule has 1 heterocycles. The Hall–Kier alpha value is -3.46. The molecular formula is C22H25N5O. The fourth-order valence-corrected chi connectivity index (χ4v) is 3.20. The Bertz CT molecular complexity index is 872. The van der Waals surface area contributed by atoms with Gasteiger partial charge in [-0.05, 0) is 36.8 Å². The third-order valence-electron chi connectivity index (χ3n) is 4.60. The molecule has 6 nitrogen and oxygen atoms in total. The Morgan fingerprint density at radius 3 is 2.82 bits per heavy atom. The summed E-state index contributed by atoms with van der Waals surface area (Å²) in [7, 11) is 1.70. The van der Waals surface area contributed by atoms with E-state index in [2.05, 4.69) is 56.0 Å². The number of guanidine groups is 1. The van der Waals surface area contributed by atoms with Gasteiger partial charge in [0.25, 0.3) is 0 Å². The van der Waals surface area contributed by atoms with E-state index in [0.717, 1.165) is 25.1 Å². The Labute approximate surface area is 166 Å². The Morgan fingerprint density at radius 1 is 1.25 bits per heavy atom. The summed E-state index contributed by atoms with van der Waals surface area (Å²) in [4.78, 5) is 18.8. The Morgan fingerprint density at radius 2 is 2.07 bits per heavy atom. The van der Waals surface area contributed by atoms with Gasteiger partial charge in [0.2, 0.25) is 5.91 Å². The number of hydrogen-bond acceptors (Lipinski definition) is 3. The van der Waals surface area contributed by atoms with Crippen LogP contribution in [0.3, 0.4) is 0 Å². The lowest BCUT2D eigenvalue weighted by atomic mass is 10.2. The van der Waals surface area contributed by atoms with Crippen LogP contribution in [-0.2, 0) is 4.79 Å². The molecule has 28 heavy (non-hydrogen) atoms. The summed E-state index contributed by atoms with van der Waals surface area (Å²) in [6.07, 6.45) is 6.40. The zero-order chi connectivity index (χ0) is 19.8. The lowest BCUT2D eigenvalue weighted by Crippen LogP contribution is -2.46. The van der Waals surface area contributed by atoms with Crippen molar-refractivity contribution in [3.05, 3.63) is 60.2 Å². The van der Waals surface area contributed by atoms with Crippen molar-refractivity contribution >= 4 is 23.2 Å². The zero-order valence-electron chi connectivity index (χ0n) is 16.0. The van der Waals surface area contributed by atoms with Crippen molar-refractivity contribution < 1.29 is 4.79 Å². The molecule has 1 unspecified atom stereocenters. The number of carbonyl (C=O) groups is 1. The second-order valence-electron chi connectivity index (χ2n) is 6.61. The van der Waals surface area contributed by atoms with Gasteiger partial charge in [-0.1, -0.05) is 30.2 Å². The maximum absolute atomic E-state index is 12.2. The van der Waals surface area contributed by atoms with Crippen LogP contribution in [0.5, 0.6) is 0 Å². The summed E-state index contributed by atoms with van der Waals surface area (Å²) in [5.74, 6) is 3.02. The quantitative estimate of drug-likeness (QED) is 0.425. The summed E-state index contributed by atoms with van der Waals surface area (Å²) < 4.78 is 0. The van der Waals surface area contributed by atoms with Crippen molar-refractivity contribution in [2.45, 2.75) is 12.5 Å². The molecular weight excluding hydrogens is 350 g/mol. The summed E-state index contributed by atoms with van der Waals surface area (Å²) in [6.45, 7) is 2.01. The van der Waals surface area contributed by atoms with Gasteiger partial charge >= 0.3 is 0 Å². The molecule has 1 aliphatic rings. The number of anilines is 2. The van der Waals surface area contributed by atoms with E-state index < -0.39 is 0 Å². The lowest BCUT2D eigenvalue weighted by Gasteiger charge is -2.20. The van der Waals surface area contributed by atoms with E-state index in [1.54, 1.807) is 13.1 Å². The van der Waals surface area contributed by atoms with Crippen molar-refractivity contribution in [2.24, 2.45) is 4.99 Å². The van der Waals surface area contributed by atoms with E-state index in [1.807, 2.05) is 24.3 Å². The van der Waals surface area contributed by atoms with Crippen molar-refractivity contribution in [1.82, 2.24) is 10.6 Å². The predicted molar refractivity (Wildman–Crippen MR) is 115 cm³/mol. The molecule has 1 amide bonds. The van der Waals surface area contributed by atoms with Crippen LogP contribution >= 0.6 is 0 Å². The minimum Gasteiger partial charge on any atom is -0.369 e. The fraction of sp³-hybridized carbons (Fsp3) is 0.273. The number of carbonyl (C=O) groups excluding carboxylic acids is 1. The van der Waals surface area contributed by atoms with Gasteiger partial charge < -0.3 is 20.9 Å². The molecule has 1 atom stereocenters. The zero-order valence-corrected chi connectivity index (χ0v) is 16.0. The molecule has 0 radical (unpaired) electrons. The SMILES string of the molecule is C#Cc1cccc(NC(=O)CNC(=NC)NC2CCN(c3ccccc3)C2)c1. The highest BCUT2D eigenvalue weighted by Crippen LogP contribution is 2.19. The third kappa shape index (κ3) is 5.27. The van der Waals surface area contributed by atoms with Crippen LogP contribution in [0, 0.1) is 12.3 Å². The van der Waals surface area contributed by atoms with Gasteiger partial charge in [0.15, 0.2) is 5.96 Å². The molecule has 0 spiro atoms. The monoisotopic (exact) mass is 375 g/mol. The maximum Gasteiger partial charge on any atom is 0.243 e. The van der Waals surface area contributed by atoms with Gasteiger partial charge in [0.1, 0.15) is 0 Å². The number of nitrogens with zero attached hydrogens (tertiary/aromatic N) is 2. The van der Waals surface area contributed by atoms with Gasteiger partial charge in [0.05, 0.1) is 6.54 Å². The third-order valence-corrected chi connectivity index (χ3v) is 4.60. The average Bonchev–Trinajstić information content (AvgIpc) is 3.20. The van der Waals surface area contributed by atoms with E-state index in [-0.39, 0.29) is 18.5 Å². The normalized spacial score (nSPS) is 16.4. The van der Waals surface area contributed by atoms with Crippen LogP contribution in [0.2, 0.25) is 0 Å². The summed E-state index contributed by atoms with van der Waals surface area (Å²) in [5.41, 5.74) is 2.63. The fourth-order valence-electron chi connectivity index (χ4n) is 3.20. The molecule has 2 aromatic rings. The van der Waals surface area contributed by atoms with E-state index in [9.17, 15) is 4.79 Å². The number of benzene rings is 2. The topological polar surface area (TPSA) is 68.8 Å². The molecule has 0 aliphatic carbocycles. The van der Waals surface area contributed by atoms with E-state index in [0.29, 0.717) is 11.6 Å². The number of nitrogens with one attached hydrogen (secondary N) is 3. The summed E-state index contributed by atoms with van der Waals surface area (Å²) in [5, 5.41) is 9.29. The molecule has 3 rings (SSSR count). The second-order valence-corrected chi connectivity index (χ2v) is 6.61. The highest BCUT2D eigenvalue weighted by Gasteiger charge is 2.23. The van der Waals surface area contributed by atoms with E-state index in [1.165, 1.54) is 5.69 Å². The molecule has 144 valence electrons. The van der Waals surface area contributed by atoms with Crippen LogP contribution in [0.1, 0.15) is 12.0 Å². The van der Waals surface area contributed by atoms with Crippen LogP contribution in [0.4, 0.5) is 11.4 Å². The largest absolute Gasteiger partial charge is 0.369 e. The number of para-hydroxylation sites is 1. The summed E-state index contributed by atoms with van der Waals surface area (Å²) >= 11 is 0. The number of hydrogen-bond donors (Lipinski definition) is 3. The average molecular weight is 375 g/mol. The van der Waals surface area contributed by atoms with Gasteiger partial charge in [-0.15, -0.1) is 6.42 Å². The first-order chi connectivity index (χ1) is 13.7. The first-order valence-corrected chi connectivity index (χ1v) is 9.31. The van der Waals surface area contributed by atoms with Gasteiger partial charge in [0, 0.05) is 43.1 Å². The Balaban J connectivity index is 1.46. The minimum absolute atomic E-state index is 0.120. The molecule has 1 fully saturated rings. The molecule has 1 aliphatic heterocycles. The van der Waals surface area contributed by atoms with E-state index >= 15 is 0 Å². The van der Waals surface area contributed by atoms with Crippen LogP contribution in [0.15, 0.2) is 59.6 Å². The standard InChI is InChI=1S/C22H25N5O/c1-3-17-8-7-9-18(14-17)25-21(28)15-24-22(23-2)26-19-12-13-27(16-19)20-10-5-4-6-11-20/h1,4-11,14,19H,12-13,15-16H2,2H3,(H,25,28)(H2,23,24,26). The molecule has 6 heteroatoms. The number of terminal acetylenes is 1. The van der Waals surface area contributed by atoms with Gasteiger partial charge in [-0.3, -0.25) is 9.79 Å². The number of amides is 1. The molecule has 0 saturated carbocycles. The first-order valence-electron chi connectivity index (χ1n) is 9.31. The number of aliphatic imine (C=N–C) groups is 1.